The van der Waals surface area contributed by atoms with Gasteiger partial charge in [-0.15, -0.1) is 0 Å². The van der Waals surface area contributed by atoms with Crippen molar-refractivity contribution in [3.63, 3.8) is 0 Å². The lowest BCUT2D eigenvalue weighted by atomic mass is 10.2. The number of hydrogen-bond acceptors (Lipinski definition) is 2. The van der Waals surface area contributed by atoms with Crippen LogP contribution in [-0.2, 0) is 0 Å². The van der Waals surface area contributed by atoms with Crippen LogP contribution in [0.2, 0.25) is 0 Å². The third-order valence-corrected chi connectivity index (χ3v) is 3.74. The van der Waals surface area contributed by atoms with E-state index in [0.29, 0.717) is 4.47 Å². The maximum atomic E-state index is 13.6. The molecular formula is C12H9Br2FN2. The van der Waals surface area contributed by atoms with Crippen molar-refractivity contribution in [3.05, 3.63) is 50.8 Å². The van der Waals surface area contributed by atoms with E-state index in [4.69, 9.17) is 0 Å². The molecule has 2 aromatic rings. The Bertz CT molecular complexity index is 558. The molecule has 1 heterocycles. The third kappa shape index (κ3) is 2.84. The van der Waals surface area contributed by atoms with Crippen LogP contribution in [0.15, 0.2) is 39.4 Å². The molecular weight excluding hydrogens is 351 g/mol. The minimum absolute atomic E-state index is 0.208. The number of rotatable bonds is 2. The molecule has 1 N–H and O–H groups in total. The van der Waals surface area contributed by atoms with E-state index in [1.807, 2.05) is 25.1 Å². The van der Waals surface area contributed by atoms with E-state index in [0.717, 1.165) is 15.7 Å². The number of aromatic nitrogens is 1. The Morgan fingerprint density at radius 1 is 1.29 bits per heavy atom. The summed E-state index contributed by atoms with van der Waals surface area (Å²) in [5.74, 6) is -0.188. The first-order valence-corrected chi connectivity index (χ1v) is 6.49. The molecule has 2 rings (SSSR count). The first kappa shape index (κ1) is 12.5. The highest BCUT2D eigenvalue weighted by Crippen LogP contribution is 2.29. The monoisotopic (exact) mass is 358 g/mol. The fourth-order valence-corrected chi connectivity index (χ4v) is 2.04. The van der Waals surface area contributed by atoms with Gasteiger partial charge in [-0.1, -0.05) is 12.1 Å². The van der Waals surface area contributed by atoms with Crippen LogP contribution >= 0.6 is 31.9 Å². The van der Waals surface area contributed by atoms with E-state index >= 15 is 0 Å². The van der Waals surface area contributed by atoms with E-state index < -0.39 is 5.82 Å². The molecule has 0 bridgehead atoms. The van der Waals surface area contributed by atoms with Gasteiger partial charge in [0.25, 0.3) is 0 Å². The van der Waals surface area contributed by atoms with Gasteiger partial charge in [-0.05, 0) is 56.5 Å². The van der Waals surface area contributed by atoms with Gasteiger partial charge in [0.15, 0.2) is 11.6 Å². The van der Waals surface area contributed by atoms with Gasteiger partial charge in [0.2, 0.25) is 0 Å². The SMILES string of the molecule is Cc1cccc(Nc2ncc(Br)cc2F)c1Br. The third-order valence-electron chi connectivity index (χ3n) is 2.25. The largest absolute Gasteiger partial charge is 0.337 e. The molecule has 0 saturated carbocycles. The summed E-state index contributed by atoms with van der Waals surface area (Å²) in [6.07, 6.45) is 1.55. The van der Waals surface area contributed by atoms with Crippen LogP contribution in [0, 0.1) is 12.7 Å². The standard InChI is InChI=1S/C12H9Br2FN2/c1-7-3-2-4-10(11(7)14)17-12-9(15)5-8(13)6-16-12/h2-6H,1H3,(H,16,17). The molecule has 0 unspecified atom stereocenters. The van der Waals surface area contributed by atoms with E-state index in [1.54, 1.807) is 6.20 Å². The minimum atomic E-state index is -0.396. The highest BCUT2D eigenvalue weighted by Gasteiger charge is 2.07. The molecule has 0 radical (unpaired) electrons. The molecule has 0 aliphatic carbocycles. The molecule has 0 amide bonds. The second kappa shape index (κ2) is 5.14. The second-order valence-corrected chi connectivity index (χ2v) is 5.25. The zero-order valence-corrected chi connectivity index (χ0v) is 12.1. The molecule has 0 atom stereocenters. The van der Waals surface area contributed by atoms with Gasteiger partial charge in [-0.3, -0.25) is 0 Å². The zero-order valence-electron chi connectivity index (χ0n) is 8.97. The van der Waals surface area contributed by atoms with Crippen molar-refractivity contribution in [2.24, 2.45) is 0 Å². The summed E-state index contributed by atoms with van der Waals surface area (Å²) in [6, 6.07) is 7.11. The molecule has 2 nitrogen and oxygen atoms in total. The van der Waals surface area contributed by atoms with E-state index in [1.165, 1.54) is 6.07 Å². The molecule has 0 spiro atoms. The summed E-state index contributed by atoms with van der Waals surface area (Å²) in [7, 11) is 0. The molecule has 17 heavy (non-hydrogen) atoms. The van der Waals surface area contributed by atoms with Crippen molar-refractivity contribution < 1.29 is 4.39 Å². The van der Waals surface area contributed by atoms with Gasteiger partial charge in [0.05, 0.1) is 5.69 Å². The lowest BCUT2D eigenvalue weighted by molar-refractivity contribution is 0.625. The second-order valence-electron chi connectivity index (χ2n) is 3.55. The van der Waals surface area contributed by atoms with Gasteiger partial charge in [0, 0.05) is 15.1 Å². The topological polar surface area (TPSA) is 24.9 Å². The van der Waals surface area contributed by atoms with Crippen LogP contribution in [0.25, 0.3) is 0 Å². The Balaban J connectivity index is 2.35. The van der Waals surface area contributed by atoms with Crippen LogP contribution in [0.4, 0.5) is 15.9 Å². The van der Waals surface area contributed by atoms with Crippen LogP contribution in [0.1, 0.15) is 5.56 Å². The summed E-state index contributed by atoms with van der Waals surface area (Å²) in [6.45, 7) is 1.97. The summed E-state index contributed by atoms with van der Waals surface area (Å²) < 4.78 is 15.1. The highest BCUT2D eigenvalue weighted by atomic mass is 79.9. The van der Waals surface area contributed by atoms with E-state index in [2.05, 4.69) is 42.2 Å². The Hall–Kier alpha value is -0.940. The Kier molecular flexibility index (Phi) is 3.79. The Morgan fingerprint density at radius 2 is 2.06 bits per heavy atom. The lowest BCUT2D eigenvalue weighted by Crippen LogP contribution is -1.98. The average molecular weight is 360 g/mol. The summed E-state index contributed by atoms with van der Waals surface area (Å²) in [4.78, 5) is 3.99. The maximum Gasteiger partial charge on any atom is 0.166 e. The van der Waals surface area contributed by atoms with Crippen LogP contribution in [-0.4, -0.2) is 4.98 Å². The normalized spacial score (nSPS) is 10.4. The number of nitrogens with one attached hydrogen (secondary N) is 1. The summed E-state index contributed by atoms with van der Waals surface area (Å²) in [5, 5.41) is 2.95. The molecule has 0 fully saturated rings. The van der Waals surface area contributed by atoms with Crippen LogP contribution in [0.5, 0.6) is 0 Å². The first-order chi connectivity index (χ1) is 8.08. The maximum absolute atomic E-state index is 13.6. The number of aryl methyl sites for hydroxylation is 1. The smallest absolute Gasteiger partial charge is 0.166 e. The molecule has 1 aromatic heterocycles. The quantitative estimate of drug-likeness (QED) is 0.833. The van der Waals surface area contributed by atoms with Gasteiger partial charge in [-0.2, -0.15) is 0 Å². The van der Waals surface area contributed by atoms with E-state index in [9.17, 15) is 4.39 Å². The van der Waals surface area contributed by atoms with Crippen molar-refractivity contribution in [2.75, 3.05) is 5.32 Å². The minimum Gasteiger partial charge on any atom is -0.337 e. The number of hydrogen-bond donors (Lipinski definition) is 1. The Morgan fingerprint density at radius 3 is 2.76 bits per heavy atom. The molecule has 1 aromatic carbocycles. The molecule has 5 heteroatoms. The van der Waals surface area contributed by atoms with Gasteiger partial charge in [0.1, 0.15) is 0 Å². The number of anilines is 2. The van der Waals surface area contributed by atoms with Gasteiger partial charge in [-0.25, -0.2) is 9.37 Å². The lowest BCUT2D eigenvalue weighted by Gasteiger charge is -2.10. The molecule has 0 aliphatic heterocycles. The number of halogens is 3. The first-order valence-electron chi connectivity index (χ1n) is 4.91. The number of nitrogens with zero attached hydrogens (tertiary/aromatic N) is 1. The van der Waals surface area contributed by atoms with Crippen molar-refractivity contribution >= 4 is 43.4 Å². The van der Waals surface area contributed by atoms with Crippen LogP contribution < -0.4 is 5.32 Å². The number of pyridine rings is 1. The van der Waals surface area contributed by atoms with Crippen molar-refractivity contribution in [1.29, 1.82) is 0 Å². The molecule has 0 saturated heterocycles. The van der Waals surface area contributed by atoms with Crippen molar-refractivity contribution in [2.45, 2.75) is 6.92 Å². The zero-order chi connectivity index (χ0) is 12.4. The van der Waals surface area contributed by atoms with E-state index in [-0.39, 0.29) is 5.82 Å². The molecule has 0 aliphatic rings. The van der Waals surface area contributed by atoms with Crippen molar-refractivity contribution in [1.82, 2.24) is 4.98 Å². The average Bonchev–Trinajstić information content (AvgIpc) is 2.28. The van der Waals surface area contributed by atoms with Crippen LogP contribution in [0.3, 0.4) is 0 Å². The summed E-state index contributed by atoms with van der Waals surface area (Å²) >= 11 is 6.62. The fourth-order valence-electron chi connectivity index (χ4n) is 1.38. The highest BCUT2D eigenvalue weighted by molar-refractivity contribution is 9.11. The fraction of sp³-hybridized carbons (Fsp3) is 0.0833. The molecule has 88 valence electrons. The van der Waals surface area contributed by atoms with Gasteiger partial charge >= 0.3 is 0 Å². The number of benzene rings is 1. The Labute approximate surface area is 116 Å². The van der Waals surface area contributed by atoms with Crippen molar-refractivity contribution in [3.8, 4) is 0 Å². The summed E-state index contributed by atoms with van der Waals surface area (Å²) in [5.41, 5.74) is 1.87. The predicted molar refractivity (Wildman–Crippen MR) is 74.1 cm³/mol. The van der Waals surface area contributed by atoms with Gasteiger partial charge < -0.3 is 5.32 Å². The predicted octanol–water partition coefficient (Wildman–Crippen LogP) is 4.80.